The molecule has 12 heavy (non-hydrogen) atoms. The Morgan fingerprint density at radius 2 is 2.17 bits per heavy atom. The van der Waals surface area contributed by atoms with Crippen LogP contribution in [0.5, 0.6) is 0 Å². The van der Waals surface area contributed by atoms with E-state index in [1.165, 1.54) is 0 Å². The van der Waals surface area contributed by atoms with Crippen LogP contribution in [-0.2, 0) is 9.63 Å². The molecule has 0 unspecified atom stereocenters. The molecular formula is C6H8Cl3NO2. The van der Waals surface area contributed by atoms with Crippen molar-refractivity contribution in [3.05, 3.63) is 0 Å². The summed E-state index contributed by atoms with van der Waals surface area (Å²) in [4.78, 5) is 14.3. The number of oxime groups is 1. The maximum absolute atomic E-state index is 10.7. The Balaban J connectivity index is 3.79. The molecule has 0 radical (unpaired) electrons. The lowest BCUT2D eigenvalue weighted by molar-refractivity contribution is -0.143. The molecule has 0 fully saturated rings. The molecule has 0 saturated carbocycles. The number of nitrogens with zero attached hydrogens (tertiary/aromatic N) is 1. The maximum atomic E-state index is 10.7. The summed E-state index contributed by atoms with van der Waals surface area (Å²) < 4.78 is 0. The van der Waals surface area contributed by atoms with Crippen molar-refractivity contribution in [1.82, 2.24) is 0 Å². The Kier molecular flexibility index (Phi) is 6.52. The molecule has 0 aliphatic carbocycles. The summed E-state index contributed by atoms with van der Waals surface area (Å²) in [7, 11) is 0. The second kappa shape index (κ2) is 6.52. The van der Waals surface area contributed by atoms with Gasteiger partial charge in [-0.2, -0.15) is 0 Å². The van der Waals surface area contributed by atoms with Crippen molar-refractivity contribution in [2.24, 2.45) is 5.16 Å². The Hall–Kier alpha value is 0.01000. The van der Waals surface area contributed by atoms with Crippen LogP contribution >= 0.6 is 34.8 Å². The molecule has 0 aliphatic heterocycles. The van der Waals surface area contributed by atoms with Crippen molar-refractivity contribution in [2.45, 2.75) is 18.2 Å². The topological polar surface area (TPSA) is 38.7 Å². The SMILES string of the molecule is C/C(=N\OC(=O)CCCl)C(Cl)Cl. The van der Waals surface area contributed by atoms with Crippen molar-refractivity contribution < 1.29 is 9.63 Å². The lowest BCUT2D eigenvalue weighted by Gasteiger charge is -1.98. The Bertz CT molecular complexity index is 182. The molecule has 70 valence electrons. The maximum Gasteiger partial charge on any atom is 0.336 e. The summed E-state index contributed by atoms with van der Waals surface area (Å²) in [6.07, 6.45) is 0.119. The molecule has 0 N–H and O–H groups in total. The van der Waals surface area contributed by atoms with E-state index in [-0.39, 0.29) is 12.3 Å². The van der Waals surface area contributed by atoms with E-state index in [1.54, 1.807) is 6.92 Å². The Labute approximate surface area is 85.6 Å². The molecule has 0 atom stereocenters. The Morgan fingerprint density at radius 3 is 2.58 bits per heavy atom. The summed E-state index contributed by atoms with van der Waals surface area (Å²) in [5, 5.41) is 3.39. The fourth-order valence-corrected chi connectivity index (χ4v) is 0.520. The monoisotopic (exact) mass is 231 g/mol. The summed E-state index contributed by atoms with van der Waals surface area (Å²) in [5.74, 6) is -0.295. The highest BCUT2D eigenvalue weighted by molar-refractivity contribution is 6.54. The molecule has 0 bridgehead atoms. The van der Waals surface area contributed by atoms with Crippen molar-refractivity contribution in [3.8, 4) is 0 Å². The minimum atomic E-state index is -0.756. The number of hydrogen-bond acceptors (Lipinski definition) is 3. The lowest BCUT2D eigenvalue weighted by atomic mass is 10.5. The van der Waals surface area contributed by atoms with E-state index in [4.69, 9.17) is 34.8 Å². The van der Waals surface area contributed by atoms with Crippen LogP contribution in [0.25, 0.3) is 0 Å². The van der Waals surface area contributed by atoms with E-state index < -0.39 is 10.8 Å². The molecule has 0 aliphatic rings. The van der Waals surface area contributed by atoms with E-state index in [0.717, 1.165) is 0 Å². The van der Waals surface area contributed by atoms with Gasteiger partial charge in [-0.3, -0.25) is 0 Å². The van der Waals surface area contributed by atoms with Crippen LogP contribution in [0.15, 0.2) is 5.16 Å². The zero-order valence-electron chi connectivity index (χ0n) is 6.39. The summed E-state index contributed by atoms with van der Waals surface area (Å²) in [6, 6.07) is 0. The largest absolute Gasteiger partial charge is 0.336 e. The number of alkyl halides is 3. The van der Waals surface area contributed by atoms with Gasteiger partial charge in [-0.05, 0) is 6.92 Å². The fraction of sp³-hybridized carbons (Fsp3) is 0.667. The quantitative estimate of drug-likeness (QED) is 0.323. The van der Waals surface area contributed by atoms with Crippen LogP contribution in [0, 0.1) is 0 Å². The van der Waals surface area contributed by atoms with E-state index in [1.807, 2.05) is 0 Å². The van der Waals surface area contributed by atoms with Crippen LogP contribution in [0.1, 0.15) is 13.3 Å². The second-order valence-electron chi connectivity index (χ2n) is 1.94. The van der Waals surface area contributed by atoms with Crippen LogP contribution in [-0.4, -0.2) is 22.4 Å². The highest BCUT2D eigenvalue weighted by Crippen LogP contribution is 2.04. The van der Waals surface area contributed by atoms with Crippen molar-refractivity contribution in [3.63, 3.8) is 0 Å². The van der Waals surface area contributed by atoms with Gasteiger partial charge in [0.15, 0.2) is 0 Å². The van der Waals surface area contributed by atoms with Gasteiger partial charge >= 0.3 is 5.97 Å². The van der Waals surface area contributed by atoms with Crippen molar-refractivity contribution in [1.29, 1.82) is 0 Å². The van der Waals surface area contributed by atoms with E-state index in [2.05, 4.69) is 9.99 Å². The first-order valence-electron chi connectivity index (χ1n) is 3.16. The third-order valence-electron chi connectivity index (χ3n) is 0.906. The van der Waals surface area contributed by atoms with Gasteiger partial charge in [-0.15, -0.1) is 11.6 Å². The molecule has 0 aromatic carbocycles. The average Bonchev–Trinajstić information content (AvgIpc) is 2.00. The predicted molar refractivity (Wildman–Crippen MR) is 50.0 cm³/mol. The normalized spacial score (nSPS) is 11.9. The standard InChI is InChI=1S/C6H8Cl3NO2/c1-4(6(8)9)10-12-5(11)2-3-7/h6H,2-3H2,1H3/b10-4+. The molecule has 0 aromatic rings. The third kappa shape index (κ3) is 5.63. The Morgan fingerprint density at radius 1 is 1.58 bits per heavy atom. The molecule has 3 nitrogen and oxygen atoms in total. The minimum Gasteiger partial charge on any atom is -0.318 e. The molecule has 0 spiro atoms. The first kappa shape index (κ1) is 12.0. The molecule has 0 heterocycles. The molecular weight excluding hydrogens is 224 g/mol. The smallest absolute Gasteiger partial charge is 0.318 e. The van der Waals surface area contributed by atoms with Gasteiger partial charge in [0.25, 0.3) is 0 Å². The molecule has 0 amide bonds. The number of carbonyl (C=O) groups is 1. The van der Waals surface area contributed by atoms with Gasteiger partial charge in [0.05, 0.1) is 12.1 Å². The van der Waals surface area contributed by atoms with E-state index in [0.29, 0.717) is 5.71 Å². The van der Waals surface area contributed by atoms with Gasteiger partial charge in [-0.25, -0.2) is 4.79 Å². The van der Waals surface area contributed by atoms with Crippen LogP contribution in [0.4, 0.5) is 0 Å². The van der Waals surface area contributed by atoms with Gasteiger partial charge in [0.2, 0.25) is 0 Å². The summed E-state index contributed by atoms with van der Waals surface area (Å²) in [6.45, 7) is 1.55. The molecule has 0 aromatic heterocycles. The number of hydrogen-bond donors (Lipinski definition) is 0. The van der Waals surface area contributed by atoms with E-state index >= 15 is 0 Å². The van der Waals surface area contributed by atoms with Gasteiger partial charge in [0, 0.05) is 5.88 Å². The molecule has 0 rings (SSSR count). The minimum absolute atomic E-state index is 0.119. The van der Waals surface area contributed by atoms with Crippen LogP contribution < -0.4 is 0 Å². The highest BCUT2D eigenvalue weighted by atomic mass is 35.5. The first-order valence-corrected chi connectivity index (χ1v) is 4.57. The lowest BCUT2D eigenvalue weighted by Crippen LogP contribution is -2.07. The third-order valence-corrected chi connectivity index (χ3v) is 1.73. The second-order valence-corrected chi connectivity index (χ2v) is 3.41. The van der Waals surface area contributed by atoms with Gasteiger partial charge in [0.1, 0.15) is 4.84 Å². The van der Waals surface area contributed by atoms with Crippen LogP contribution in [0.2, 0.25) is 0 Å². The molecule has 6 heteroatoms. The number of halogens is 3. The zero-order valence-corrected chi connectivity index (χ0v) is 8.66. The summed E-state index contributed by atoms with van der Waals surface area (Å²) >= 11 is 16.1. The van der Waals surface area contributed by atoms with Gasteiger partial charge < -0.3 is 4.84 Å². The zero-order chi connectivity index (χ0) is 9.56. The summed E-state index contributed by atoms with van der Waals surface area (Å²) in [5.41, 5.74) is 0.334. The average molecular weight is 232 g/mol. The molecule has 0 saturated heterocycles. The van der Waals surface area contributed by atoms with Gasteiger partial charge in [-0.1, -0.05) is 28.4 Å². The van der Waals surface area contributed by atoms with Crippen molar-refractivity contribution in [2.75, 3.05) is 5.88 Å². The van der Waals surface area contributed by atoms with E-state index in [9.17, 15) is 4.79 Å². The number of rotatable bonds is 4. The van der Waals surface area contributed by atoms with Crippen molar-refractivity contribution >= 4 is 46.5 Å². The predicted octanol–water partition coefficient (Wildman–Crippen LogP) is 2.34. The number of carbonyl (C=O) groups excluding carboxylic acids is 1. The first-order chi connectivity index (χ1) is 5.57. The highest BCUT2D eigenvalue weighted by Gasteiger charge is 2.05. The van der Waals surface area contributed by atoms with Crippen LogP contribution in [0.3, 0.4) is 0 Å². The fourth-order valence-electron chi connectivity index (χ4n) is 0.286.